The van der Waals surface area contributed by atoms with Crippen molar-refractivity contribution in [3.63, 3.8) is 0 Å². The number of amides is 1. The molecule has 1 aromatic rings. The summed E-state index contributed by atoms with van der Waals surface area (Å²) in [4.78, 5) is 50.9. The minimum Gasteiger partial charge on any atom is -0.467 e. The number of carbonyl (C=O) groups excluding carboxylic acids is 3. The maximum Gasteiger partial charge on any atom is 0.336 e. The Balaban J connectivity index is 2.16. The van der Waals surface area contributed by atoms with E-state index >= 15 is 0 Å². The second-order valence-electron chi connectivity index (χ2n) is 7.66. The van der Waals surface area contributed by atoms with Crippen LogP contribution in [-0.4, -0.2) is 54.5 Å². The summed E-state index contributed by atoms with van der Waals surface area (Å²) in [6, 6.07) is 5.08. The van der Waals surface area contributed by atoms with Crippen LogP contribution in [0.3, 0.4) is 0 Å². The van der Waals surface area contributed by atoms with Crippen LogP contribution in [0.1, 0.15) is 38.2 Å². The van der Waals surface area contributed by atoms with Gasteiger partial charge in [0, 0.05) is 35.6 Å². The normalized spacial score (nSPS) is 20.7. The number of methoxy groups -OCH3 is 2. The third-order valence-corrected chi connectivity index (χ3v) is 5.80. The van der Waals surface area contributed by atoms with Crippen LogP contribution in [0.2, 0.25) is 0 Å². The summed E-state index contributed by atoms with van der Waals surface area (Å²) in [5.41, 5.74) is 1.61. The van der Waals surface area contributed by atoms with E-state index in [4.69, 9.17) is 9.47 Å². The largest absolute Gasteiger partial charge is 0.467 e. The van der Waals surface area contributed by atoms with Gasteiger partial charge in [-0.2, -0.15) is 0 Å². The Hall–Kier alpha value is -3.69. The topological polar surface area (TPSA) is 128 Å². The molecule has 2 atom stereocenters. The zero-order valence-electron chi connectivity index (χ0n) is 18.3. The fourth-order valence-electron chi connectivity index (χ4n) is 4.35. The van der Waals surface area contributed by atoms with E-state index in [1.54, 1.807) is 19.9 Å². The van der Waals surface area contributed by atoms with Crippen LogP contribution >= 0.6 is 0 Å². The first kappa shape index (κ1) is 23.0. The highest BCUT2D eigenvalue weighted by Gasteiger charge is 2.43. The number of carbonyl (C=O) groups is 3. The fraction of sp³-hybridized carbons (Fsp3) is 0.409. The van der Waals surface area contributed by atoms with Gasteiger partial charge in [-0.3, -0.25) is 14.9 Å². The van der Waals surface area contributed by atoms with Crippen molar-refractivity contribution in [1.29, 1.82) is 0 Å². The van der Waals surface area contributed by atoms with Crippen molar-refractivity contribution in [3.8, 4) is 0 Å². The molecule has 3 rings (SSSR count). The number of hydrogen-bond acceptors (Lipinski definition) is 8. The smallest absolute Gasteiger partial charge is 0.336 e. The predicted molar refractivity (Wildman–Crippen MR) is 113 cm³/mol. The molecule has 2 aliphatic rings. The second kappa shape index (κ2) is 9.21. The summed E-state index contributed by atoms with van der Waals surface area (Å²) in [5.74, 6) is -2.51. The Morgan fingerprint density at radius 2 is 1.81 bits per heavy atom. The third kappa shape index (κ3) is 4.08. The van der Waals surface area contributed by atoms with Crippen molar-refractivity contribution in [2.75, 3.05) is 20.8 Å². The molecule has 0 unspecified atom stereocenters. The second-order valence-corrected chi connectivity index (χ2v) is 7.66. The maximum atomic E-state index is 13.7. The molecule has 1 aromatic carbocycles. The van der Waals surface area contributed by atoms with Crippen LogP contribution in [0.25, 0.3) is 0 Å². The van der Waals surface area contributed by atoms with Gasteiger partial charge in [0.05, 0.1) is 30.6 Å². The lowest BCUT2D eigenvalue weighted by atomic mass is 9.79. The Bertz CT molecular complexity index is 1040. The lowest BCUT2D eigenvalue weighted by molar-refractivity contribution is -0.384. The molecule has 2 aliphatic heterocycles. The Morgan fingerprint density at radius 1 is 1.12 bits per heavy atom. The van der Waals surface area contributed by atoms with Crippen molar-refractivity contribution < 1.29 is 28.8 Å². The van der Waals surface area contributed by atoms with E-state index in [-0.39, 0.29) is 16.8 Å². The average molecular weight is 443 g/mol. The van der Waals surface area contributed by atoms with Gasteiger partial charge >= 0.3 is 11.9 Å². The van der Waals surface area contributed by atoms with Gasteiger partial charge in [-0.1, -0.05) is 12.1 Å². The van der Waals surface area contributed by atoms with Crippen LogP contribution in [0, 0.1) is 10.1 Å². The molecule has 1 saturated heterocycles. The van der Waals surface area contributed by atoms with Crippen molar-refractivity contribution in [2.45, 2.75) is 38.6 Å². The van der Waals surface area contributed by atoms with Gasteiger partial charge in [-0.25, -0.2) is 9.59 Å². The molecule has 0 spiro atoms. The number of allylic oxidation sites excluding steroid dienone is 2. The molecule has 1 amide bonds. The number of dihydropyridines is 1. The lowest BCUT2D eigenvalue weighted by Crippen LogP contribution is -2.44. The SMILES string of the molecule is COC(=O)C1=C(C)NC(C)=C(C(=O)N2CCC[C@@H]2C(=O)OC)[C@H]1c1cccc([N+](=O)[O-])c1. The highest BCUT2D eigenvalue weighted by Crippen LogP contribution is 2.41. The number of nitrogens with one attached hydrogen (secondary N) is 1. The van der Waals surface area contributed by atoms with E-state index in [0.29, 0.717) is 36.3 Å². The number of benzene rings is 1. The number of likely N-dealkylation sites (tertiary alicyclic amines) is 1. The van der Waals surface area contributed by atoms with Crippen LogP contribution in [0.4, 0.5) is 5.69 Å². The Kier molecular flexibility index (Phi) is 6.61. The first-order valence-corrected chi connectivity index (χ1v) is 10.1. The van der Waals surface area contributed by atoms with Crippen LogP contribution in [0.15, 0.2) is 46.8 Å². The third-order valence-electron chi connectivity index (χ3n) is 5.80. The molecule has 1 fully saturated rings. The Morgan fingerprint density at radius 3 is 2.44 bits per heavy atom. The summed E-state index contributed by atoms with van der Waals surface area (Å²) < 4.78 is 9.82. The zero-order chi connectivity index (χ0) is 23.6. The average Bonchev–Trinajstić information content (AvgIpc) is 3.27. The molecular weight excluding hydrogens is 418 g/mol. The molecule has 0 saturated carbocycles. The van der Waals surface area contributed by atoms with Gasteiger partial charge in [-0.15, -0.1) is 0 Å². The van der Waals surface area contributed by atoms with Gasteiger partial charge < -0.3 is 19.7 Å². The number of esters is 2. The monoisotopic (exact) mass is 443 g/mol. The first-order chi connectivity index (χ1) is 15.2. The molecule has 0 aromatic heterocycles. The molecule has 32 heavy (non-hydrogen) atoms. The molecule has 0 radical (unpaired) electrons. The van der Waals surface area contributed by atoms with E-state index in [9.17, 15) is 24.5 Å². The van der Waals surface area contributed by atoms with Crippen molar-refractivity contribution in [2.24, 2.45) is 0 Å². The van der Waals surface area contributed by atoms with Gasteiger partial charge in [-0.05, 0) is 32.3 Å². The lowest BCUT2D eigenvalue weighted by Gasteiger charge is -2.33. The molecule has 10 nitrogen and oxygen atoms in total. The van der Waals surface area contributed by atoms with Gasteiger partial charge in [0.1, 0.15) is 6.04 Å². The molecule has 2 heterocycles. The van der Waals surface area contributed by atoms with Gasteiger partial charge in [0.15, 0.2) is 0 Å². The number of non-ortho nitro benzene ring substituents is 1. The van der Waals surface area contributed by atoms with E-state index in [0.717, 1.165) is 0 Å². The highest BCUT2D eigenvalue weighted by atomic mass is 16.6. The van der Waals surface area contributed by atoms with Crippen LogP contribution in [-0.2, 0) is 23.9 Å². The number of hydrogen-bond donors (Lipinski definition) is 1. The minimum atomic E-state index is -0.907. The standard InChI is InChI=1S/C22H25N3O7/c1-12-17(20(26)24-10-6-9-16(24)21(27)31-3)19(18(13(2)23-12)22(28)32-4)14-7-5-8-15(11-14)25(29)30/h5,7-8,11,16,19,23H,6,9-10H2,1-4H3/t16-,19-/m1/s1. The highest BCUT2D eigenvalue weighted by molar-refractivity contribution is 6.03. The number of rotatable bonds is 5. The van der Waals surface area contributed by atoms with E-state index in [1.165, 1.54) is 37.3 Å². The van der Waals surface area contributed by atoms with E-state index in [1.807, 2.05) is 0 Å². The minimum absolute atomic E-state index is 0.166. The fourth-order valence-corrected chi connectivity index (χ4v) is 4.35. The maximum absolute atomic E-state index is 13.7. The number of nitrogens with zero attached hydrogens (tertiary/aromatic N) is 2. The molecule has 1 N–H and O–H groups in total. The molecule has 170 valence electrons. The van der Waals surface area contributed by atoms with Gasteiger partial charge in [0.25, 0.3) is 11.6 Å². The van der Waals surface area contributed by atoms with Gasteiger partial charge in [0.2, 0.25) is 0 Å². The summed E-state index contributed by atoms with van der Waals surface area (Å²) in [7, 11) is 2.50. The predicted octanol–water partition coefficient (Wildman–Crippen LogP) is 2.17. The van der Waals surface area contributed by atoms with Crippen molar-refractivity contribution in [1.82, 2.24) is 10.2 Å². The first-order valence-electron chi connectivity index (χ1n) is 10.1. The number of nitro benzene ring substituents is 1. The number of ether oxygens (including phenoxy) is 2. The summed E-state index contributed by atoms with van der Waals surface area (Å²) in [5, 5.41) is 14.4. The van der Waals surface area contributed by atoms with Crippen LogP contribution in [0.5, 0.6) is 0 Å². The molecule has 0 aliphatic carbocycles. The summed E-state index contributed by atoms with van der Waals surface area (Å²) in [6.45, 7) is 3.72. The zero-order valence-corrected chi connectivity index (χ0v) is 18.3. The quantitative estimate of drug-likeness (QED) is 0.417. The van der Waals surface area contributed by atoms with Crippen LogP contribution < -0.4 is 5.32 Å². The molecule has 0 bridgehead atoms. The molecular formula is C22H25N3O7. The van der Waals surface area contributed by atoms with Crippen molar-refractivity contribution >= 4 is 23.5 Å². The number of nitro groups is 1. The van der Waals surface area contributed by atoms with Crippen molar-refractivity contribution in [3.05, 3.63) is 62.5 Å². The summed E-state index contributed by atoms with van der Waals surface area (Å²) >= 11 is 0. The Labute approximate surface area is 185 Å². The van der Waals surface area contributed by atoms with E-state index < -0.39 is 34.7 Å². The summed E-state index contributed by atoms with van der Waals surface area (Å²) in [6.07, 6.45) is 1.10. The van der Waals surface area contributed by atoms with E-state index in [2.05, 4.69) is 5.32 Å². The molecule has 10 heteroatoms.